The molecule has 5 rings (SSSR count). The molecule has 0 aliphatic carbocycles. The molecule has 5 nitrogen and oxygen atoms in total. The van der Waals surface area contributed by atoms with Crippen LogP contribution < -0.4 is 5.73 Å². The molecule has 150 valence electrons. The Kier molecular flexibility index (Phi) is 4.98. The average Bonchev–Trinajstić information content (AvgIpc) is 3.37. The third kappa shape index (κ3) is 3.93. The van der Waals surface area contributed by atoms with Gasteiger partial charge in [0, 0.05) is 17.3 Å². The van der Waals surface area contributed by atoms with E-state index in [2.05, 4.69) is 41.4 Å². The van der Waals surface area contributed by atoms with Gasteiger partial charge in [-0.1, -0.05) is 72.8 Å². The van der Waals surface area contributed by atoms with Crippen LogP contribution in [-0.4, -0.2) is 20.9 Å². The van der Waals surface area contributed by atoms with Crippen molar-refractivity contribution in [3.63, 3.8) is 0 Å². The molecule has 2 N–H and O–H groups in total. The number of hydrogen-bond acceptors (Lipinski definition) is 4. The summed E-state index contributed by atoms with van der Waals surface area (Å²) in [6.45, 7) is 0. The van der Waals surface area contributed by atoms with Crippen LogP contribution in [0.2, 0.25) is 0 Å². The molecule has 0 bridgehead atoms. The predicted molar refractivity (Wildman–Crippen MR) is 127 cm³/mol. The van der Waals surface area contributed by atoms with Gasteiger partial charge in [-0.2, -0.15) is 10.1 Å². The Balaban J connectivity index is 1.58. The van der Waals surface area contributed by atoms with Crippen molar-refractivity contribution < 1.29 is 4.79 Å². The van der Waals surface area contributed by atoms with Crippen LogP contribution in [0.1, 0.15) is 5.56 Å². The topological polar surface area (TPSA) is 73.3 Å². The number of aromatic nitrogens is 2. The van der Waals surface area contributed by atoms with E-state index in [1.54, 1.807) is 0 Å². The molecule has 0 saturated heterocycles. The van der Waals surface area contributed by atoms with Gasteiger partial charge in [-0.15, -0.1) is 0 Å². The van der Waals surface area contributed by atoms with Crippen molar-refractivity contribution in [2.24, 2.45) is 10.7 Å². The summed E-state index contributed by atoms with van der Waals surface area (Å²) in [5, 5.41) is 5.09. The summed E-state index contributed by atoms with van der Waals surface area (Å²) in [7, 11) is 0. The van der Waals surface area contributed by atoms with Crippen molar-refractivity contribution in [2.45, 2.75) is 0 Å². The van der Waals surface area contributed by atoms with E-state index in [-0.39, 0.29) is 11.1 Å². The van der Waals surface area contributed by atoms with E-state index in [1.807, 2.05) is 65.5 Å². The van der Waals surface area contributed by atoms with Gasteiger partial charge < -0.3 is 5.73 Å². The quantitative estimate of drug-likeness (QED) is 0.463. The molecule has 2 heterocycles. The maximum absolute atomic E-state index is 12.1. The van der Waals surface area contributed by atoms with Gasteiger partial charge in [0.1, 0.15) is 0 Å². The third-order valence-corrected chi connectivity index (χ3v) is 5.77. The fraction of sp³-hybridized carbons (Fsp3) is 0. The number of thioether (sulfide) groups is 1. The summed E-state index contributed by atoms with van der Waals surface area (Å²) >= 11 is 1.18. The molecule has 1 aliphatic rings. The molecule has 0 radical (unpaired) electrons. The smallest absolute Gasteiger partial charge is 0.286 e. The fourth-order valence-corrected chi connectivity index (χ4v) is 4.12. The number of hydrogen-bond donors (Lipinski definition) is 1. The molecule has 6 heteroatoms. The normalized spacial score (nSPS) is 14.8. The molecule has 3 aromatic carbocycles. The van der Waals surface area contributed by atoms with Gasteiger partial charge in [0.15, 0.2) is 5.17 Å². The highest BCUT2D eigenvalue weighted by molar-refractivity contribution is 8.18. The second kappa shape index (κ2) is 8.08. The minimum Gasteiger partial charge on any atom is -0.378 e. The number of carbonyl (C=O) groups excluding carboxylic acids is 1. The van der Waals surface area contributed by atoms with Crippen LogP contribution in [0.4, 0.5) is 0 Å². The standard InChI is InChI=1S/C25H18N4OS/c26-25-27-24(30)22(31-25)15-20-16-29(21-9-5-2-6-10-21)28-23(20)19-13-11-18(12-14-19)17-7-3-1-4-8-17/h1-16H,(H2,26,27,30). The molecule has 0 atom stereocenters. The van der Waals surface area contributed by atoms with Gasteiger partial charge in [0.05, 0.1) is 16.3 Å². The highest BCUT2D eigenvalue weighted by Gasteiger charge is 2.21. The zero-order valence-corrected chi connectivity index (χ0v) is 17.3. The Hall–Kier alpha value is -3.90. The number of amidine groups is 1. The predicted octanol–water partition coefficient (Wildman–Crippen LogP) is 5.14. The van der Waals surface area contributed by atoms with Crippen molar-refractivity contribution in [3.05, 3.63) is 102 Å². The van der Waals surface area contributed by atoms with Crippen molar-refractivity contribution in [2.75, 3.05) is 0 Å². The van der Waals surface area contributed by atoms with Gasteiger partial charge in [0.25, 0.3) is 5.91 Å². The Bertz CT molecular complexity index is 1310. The minimum absolute atomic E-state index is 0.264. The Labute approximate surface area is 183 Å². The molecule has 0 saturated carbocycles. The van der Waals surface area contributed by atoms with Gasteiger partial charge in [-0.05, 0) is 41.1 Å². The number of carbonyl (C=O) groups is 1. The van der Waals surface area contributed by atoms with E-state index in [0.717, 1.165) is 33.6 Å². The van der Waals surface area contributed by atoms with E-state index in [0.29, 0.717) is 4.91 Å². The minimum atomic E-state index is -0.319. The van der Waals surface area contributed by atoms with Crippen LogP contribution >= 0.6 is 11.8 Å². The molecule has 0 fully saturated rings. The van der Waals surface area contributed by atoms with Crippen LogP contribution in [0, 0.1) is 0 Å². The molecule has 0 spiro atoms. The van der Waals surface area contributed by atoms with Crippen molar-refractivity contribution in [3.8, 4) is 28.1 Å². The number of benzene rings is 3. The van der Waals surface area contributed by atoms with Crippen molar-refractivity contribution in [1.82, 2.24) is 9.78 Å². The maximum Gasteiger partial charge on any atom is 0.286 e. The van der Waals surface area contributed by atoms with Gasteiger partial charge in [-0.3, -0.25) is 4.79 Å². The SMILES string of the molecule is NC1=NC(=O)C(=Cc2cn(-c3ccccc3)nc2-c2ccc(-c3ccccc3)cc2)S1. The molecule has 1 amide bonds. The van der Waals surface area contributed by atoms with Gasteiger partial charge in [-0.25, -0.2) is 4.68 Å². The van der Waals surface area contributed by atoms with Crippen LogP contribution in [-0.2, 0) is 4.79 Å². The average molecular weight is 423 g/mol. The summed E-state index contributed by atoms with van der Waals surface area (Å²) in [6, 6.07) is 28.4. The lowest BCUT2D eigenvalue weighted by atomic mass is 10.0. The van der Waals surface area contributed by atoms with Crippen LogP contribution in [0.3, 0.4) is 0 Å². The first-order valence-electron chi connectivity index (χ1n) is 9.76. The first-order chi connectivity index (χ1) is 15.2. The third-order valence-electron chi connectivity index (χ3n) is 4.95. The zero-order chi connectivity index (χ0) is 21.2. The second-order valence-corrected chi connectivity index (χ2v) is 8.08. The molecule has 1 aromatic heterocycles. The largest absolute Gasteiger partial charge is 0.378 e. The lowest BCUT2D eigenvalue weighted by Crippen LogP contribution is -2.01. The summed E-state index contributed by atoms with van der Waals surface area (Å²) < 4.78 is 1.82. The molecule has 0 unspecified atom stereocenters. The number of nitrogens with two attached hydrogens (primary N) is 1. The zero-order valence-electron chi connectivity index (χ0n) is 16.5. The number of nitrogens with zero attached hydrogens (tertiary/aromatic N) is 3. The first kappa shape index (κ1) is 19.1. The summed E-state index contributed by atoms with van der Waals surface area (Å²) in [5.41, 5.74) is 11.5. The van der Waals surface area contributed by atoms with E-state index in [4.69, 9.17) is 10.8 Å². The highest BCUT2D eigenvalue weighted by Crippen LogP contribution is 2.32. The Morgan fingerprint density at radius 1 is 0.806 bits per heavy atom. The summed E-state index contributed by atoms with van der Waals surface area (Å²) in [6.07, 6.45) is 3.73. The van der Waals surface area contributed by atoms with Crippen LogP contribution in [0.5, 0.6) is 0 Å². The fourth-order valence-electron chi connectivity index (χ4n) is 3.45. The monoisotopic (exact) mass is 422 g/mol. The van der Waals surface area contributed by atoms with Crippen LogP contribution in [0.15, 0.2) is 101 Å². The first-order valence-corrected chi connectivity index (χ1v) is 10.6. The van der Waals surface area contributed by atoms with Crippen LogP contribution in [0.25, 0.3) is 34.1 Å². The molecular formula is C25H18N4OS. The number of para-hydroxylation sites is 1. The maximum atomic E-state index is 12.1. The second-order valence-electron chi connectivity index (χ2n) is 7.02. The lowest BCUT2D eigenvalue weighted by Gasteiger charge is -2.04. The van der Waals surface area contributed by atoms with Gasteiger partial charge in [0.2, 0.25) is 0 Å². The number of amides is 1. The van der Waals surface area contributed by atoms with E-state index < -0.39 is 0 Å². The Morgan fingerprint density at radius 2 is 1.42 bits per heavy atom. The lowest BCUT2D eigenvalue weighted by molar-refractivity contribution is -0.113. The highest BCUT2D eigenvalue weighted by atomic mass is 32.2. The van der Waals surface area contributed by atoms with E-state index in [1.165, 1.54) is 11.8 Å². The van der Waals surface area contributed by atoms with Crippen molar-refractivity contribution >= 4 is 28.9 Å². The van der Waals surface area contributed by atoms with Crippen molar-refractivity contribution in [1.29, 1.82) is 0 Å². The molecule has 4 aromatic rings. The summed E-state index contributed by atoms with van der Waals surface area (Å²) in [5.74, 6) is -0.319. The van der Waals surface area contributed by atoms with E-state index >= 15 is 0 Å². The Morgan fingerprint density at radius 3 is 2.06 bits per heavy atom. The van der Waals surface area contributed by atoms with Gasteiger partial charge >= 0.3 is 0 Å². The number of aliphatic imine (C=N–C) groups is 1. The molecule has 31 heavy (non-hydrogen) atoms. The molecule has 1 aliphatic heterocycles. The molecular weight excluding hydrogens is 404 g/mol. The summed E-state index contributed by atoms with van der Waals surface area (Å²) in [4.78, 5) is 16.4. The van der Waals surface area contributed by atoms with E-state index in [9.17, 15) is 4.79 Å². The number of rotatable bonds is 4.